The number of carbonyl (C=O) groups is 1. The molecule has 0 aromatic heterocycles. The van der Waals surface area contributed by atoms with E-state index in [2.05, 4.69) is 0 Å². The second kappa shape index (κ2) is 6.83. The summed E-state index contributed by atoms with van der Waals surface area (Å²) in [5.41, 5.74) is 11.5. The monoisotopic (exact) mass is 290 g/mol. The Bertz CT molecular complexity index is 438. The molecule has 0 saturated carbocycles. The smallest absolute Gasteiger partial charge is 0.258 e. The Kier molecular flexibility index (Phi) is 5.72. The fourth-order valence-electron chi connectivity index (χ4n) is 1.57. The molecule has 1 rings (SSSR count). The highest BCUT2D eigenvalue weighted by Crippen LogP contribution is 2.33. The van der Waals surface area contributed by atoms with Crippen LogP contribution < -0.4 is 16.2 Å². The summed E-state index contributed by atoms with van der Waals surface area (Å²) in [6.07, 6.45) is 0.321. The summed E-state index contributed by atoms with van der Waals surface area (Å²) in [7, 11) is 0. The molecule has 1 unspecified atom stereocenters. The van der Waals surface area contributed by atoms with E-state index in [1.165, 1.54) is 0 Å². The maximum absolute atomic E-state index is 11.2. The van der Waals surface area contributed by atoms with Crippen molar-refractivity contribution in [1.29, 1.82) is 0 Å². The maximum atomic E-state index is 11.2. The third kappa shape index (κ3) is 3.77. The molecule has 1 aromatic carbocycles. The van der Waals surface area contributed by atoms with E-state index in [1.807, 2.05) is 6.92 Å². The second-order valence-corrected chi connectivity index (χ2v) is 4.68. The van der Waals surface area contributed by atoms with E-state index in [4.69, 9.17) is 39.4 Å². The Hall–Kier alpha value is -0.970. The number of nitrogens with two attached hydrogens (primary N) is 2. The average Bonchev–Trinajstić information content (AvgIpc) is 2.28. The first-order valence-electron chi connectivity index (χ1n) is 5.63. The van der Waals surface area contributed by atoms with Crippen molar-refractivity contribution >= 4 is 29.1 Å². The van der Waals surface area contributed by atoms with Crippen LogP contribution >= 0.6 is 23.2 Å². The summed E-state index contributed by atoms with van der Waals surface area (Å²) in [4.78, 5) is 11.2. The maximum Gasteiger partial charge on any atom is 0.258 e. The molecule has 0 saturated heterocycles. The zero-order valence-corrected chi connectivity index (χ0v) is 11.6. The van der Waals surface area contributed by atoms with Crippen LogP contribution in [0.4, 0.5) is 0 Å². The van der Waals surface area contributed by atoms with Crippen molar-refractivity contribution in [2.45, 2.75) is 25.9 Å². The van der Waals surface area contributed by atoms with Gasteiger partial charge >= 0.3 is 0 Å². The fourth-order valence-corrected chi connectivity index (χ4v) is 2.15. The van der Waals surface area contributed by atoms with Crippen LogP contribution in [-0.2, 0) is 11.2 Å². The van der Waals surface area contributed by atoms with Gasteiger partial charge in [-0.3, -0.25) is 4.79 Å². The van der Waals surface area contributed by atoms with Crippen molar-refractivity contribution in [3.8, 4) is 5.75 Å². The fraction of sp³-hybridized carbons (Fsp3) is 0.417. The third-order valence-electron chi connectivity index (χ3n) is 2.45. The highest BCUT2D eigenvalue weighted by Gasteiger charge is 2.19. The Morgan fingerprint density at radius 3 is 2.61 bits per heavy atom. The van der Waals surface area contributed by atoms with Crippen molar-refractivity contribution in [1.82, 2.24) is 0 Å². The second-order valence-electron chi connectivity index (χ2n) is 3.83. The first kappa shape index (κ1) is 15.1. The SMILES string of the molecule is CCC(Oc1c(Cl)cc(Cl)cc1CCN)C(N)=O. The lowest BCUT2D eigenvalue weighted by molar-refractivity contribution is -0.124. The van der Waals surface area contributed by atoms with Gasteiger partial charge in [0, 0.05) is 5.02 Å². The molecular weight excluding hydrogens is 275 g/mol. The molecule has 0 aliphatic carbocycles. The molecule has 4 N–H and O–H groups in total. The molecule has 1 amide bonds. The first-order valence-corrected chi connectivity index (χ1v) is 6.39. The van der Waals surface area contributed by atoms with Crippen LogP contribution in [0.3, 0.4) is 0 Å². The number of ether oxygens (including phenoxy) is 1. The van der Waals surface area contributed by atoms with Gasteiger partial charge in [-0.1, -0.05) is 30.1 Å². The van der Waals surface area contributed by atoms with E-state index < -0.39 is 12.0 Å². The highest BCUT2D eigenvalue weighted by molar-refractivity contribution is 6.35. The molecule has 0 aliphatic heterocycles. The van der Waals surface area contributed by atoms with Crippen molar-refractivity contribution in [3.05, 3.63) is 27.7 Å². The van der Waals surface area contributed by atoms with Crippen molar-refractivity contribution < 1.29 is 9.53 Å². The number of primary amides is 1. The standard InChI is InChI=1S/C12H16Cl2N2O2/c1-2-10(12(16)17)18-11-7(3-4-15)5-8(13)6-9(11)14/h5-6,10H,2-4,15H2,1H3,(H2,16,17). The number of benzene rings is 1. The van der Waals surface area contributed by atoms with Crippen LogP contribution in [0, 0.1) is 0 Å². The molecular formula is C12H16Cl2N2O2. The van der Waals surface area contributed by atoms with Gasteiger partial charge in [0.15, 0.2) is 6.10 Å². The van der Waals surface area contributed by atoms with Gasteiger partial charge in [-0.05, 0) is 37.1 Å². The molecule has 0 spiro atoms. The van der Waals surface area contributed by atoms with Crippen LogP contribution in [0.15, 0.2) is 12.1 Å². The number of carbonyl (C=O) groups excluding carboxylic acids is 1. The minimum absolute atomic E-state index is 0.352. The molecule has 0 bridgehead atoms. The number of rotatable bonds is 6. The quantitative estimate of drug-likeness (QED) is 0.842. The van der Waals surface area contributed by atoms with Gasteiger partial charge in [-0.25, -0.2) is 0 Å². The molecule has 4 nitrogen and oxygen atoms in total. The van der Waals surface area contributed by atoms with Gasteiger partial charge in [0.2, 0.25) is 0 Å². The molecule has 0 heterocycles. The summed E-state index contributed by atoms with van der Waals surface area (Å²) in [5.74, 6) is -0.0978. The summed E-state index contributed by atoms with van der Waals surface area (Å²) in [6, 6.07) is 3.29. The van der Waals surface area contributed by atoms with E-state index in [1.54, 1.807) is 12.1 Å². The van der Waals surface area contributed by atoms with E-state index in [-0.39, 0.29) is 0 Å². The van der Waals surface area contributed by atoms with Crippen LogP contribution in [-0.4, -0.2) is 18.6 Å². The van der Waals surface area contributed by atoms with Gasteiger partial charge < -0.3 is 16.2 Å². The number of hydrogen-bond donors (Lipinski definition) is 2. The largest absolute Gasteiger partial charge is 0.479 e. The van der Waals surface area contributed by atoms with Crippen LogP contribution in [0.2, 0.25) is 10.0 Å². The highest BCUT2D eigenvalue weighted by atomic mass is 35.5. The lowest BCUT2D eigenvalue weighted by atomic mass is 10.1. The number of hydrogen-bond acceptors (Lipinski definition) is 3. The molecule has 1 aromatic rings. The minimum Gasteiger partial charge on any atom is -0.479 e. The molecule has 6 heteroatoms. The lowest BCUT2D eigenvalue weighted by Crippen LogP contribution is -2.33. The molecule has 0 aliphatic rings. The first-order chi connectivity index (χ1) is 8.49. The molecule has 18 heavy (non-hydrogen) atoms. The molecule has 0 radical (unpaired) electrons. The number of halogens is 2. The lowest BCUT2D eigenvalue weighted by Gasteiger charge is -2.18. The van der Waals surface area contributed by atoms with Crippen LogP contribution in [0.25, 0.3) is 0 Å². The minimum atomic E-state index is -0.708. The summed E-state index contributed by atoms with van der Waals surface area (Å²) in [6.45, 7) is 2.24. The van der Waals surface area contributed by atoms with Gasteiger partial charge in [-0.15, -0.1) is 0 Å². The third-order valence-corrected chi connectivity index (χ3v) is 2.95. The average molecular weight is 291 g/mol. The van der Waals surface area contributed by atoms with E-state index in [9.17, 15) is 4.79 Å². The van der Waals surface area contributed by atoms with Gasteiger partial charge in [0.1, 0.15) is 5.75 Å². The van der Waals surface area contributed by atoms with Crippen LogP contribution in [0.5, 0.6) is 5.75 Å². The Morgan fingerprint density at radius 1 is 1.44 bits per heavy atom. The predicted octanol–water partition coefficient (Wildman–Crippen LogP) is 2.14. The molecule has 1 atom stereocenters. The van der Waals surface area contributed by atoms with E-state index in [0.717, 1.165) is 5.56 Å². The van der Waals surface area contributed by atoms with Crippen molar-refractivity contribution in [2.75, 3.05) is 6.54 Å². The van der Waals surface area contributed by atoms with Crippen molar-refractivity contribution in [2.24, 2.45) is 11.5 Å². The molecule has 100 valence electrons. The van der Waals surface area contributed by atoms with E-state index >= 15 is 0 Å². The van der Waals surface area contributed by atoms with Crippen molar-refractivity contribution in [3.63, 3.8) is 0 Å². The predicted molar refractivity (Wildman–Crippen MR) is 73.1 cm³/mol. The normalized spacial score (nSPS) is 12.2. The zero-order valence-electron chi connectivity index (χ0n) is 10.1. The van der Waals surface area contributed by atoms with E-state index in [0.29, 0.717) is 35.2 Å². The van der Waals surface area contributed by atoms with Gasteiger partial charge in [0.05, 0.1) is 5.02 Å². The topological polar surface area (TPSA) is 78.3 Å². The Labute approximate surface area is 116 Å². The number of amides is 1. The molecule has 0 fully saturated rings. The van der Waals surface area contributed by atoms with Crippen LogP contribution in [0.1, 0.15) is 18.9 Å². The zero-order chi connectivity index (χ0) is 13.7. The Morgan fingerprint density at radius 2 is 2.11 bits per heavy atom. The summed E-state index contributed by atoms with van der Waals surface area (Å²) < 4.78 is 5.57. The van der Waals surface area contributed by atoms with Gasteiger partial charge in [0.25, 0.3) is 5.91 Å². The van der Waals surface area contributed by atoms with Gasteiger partial charge in [-0.2, -0.15) is 0 Å². The Balaban J connectivity index is 3.09. The summed E-state index contributed by atoms with van der Waals surface area (Å²) >= 11 is 12.0. The summed E-state index contributed by atoms with van der Waals surface area (Å²) in [5, 5.41) is 0.855.